The Morgan fingerprint density at radius 2 is 1.71 bits per heavy atom. The van der Waals surface area contributed by atoms with Gasteiger partial charge in [-0.25, -0.2) is 0 Å². The molecule has 21 heavy (non-hydrogen) atoms. The van der Waals surface area contributed by atoms with E-state index in [4.69, 9.17) is 4.74 Å². The Morgan fingerprint density at radius 3 is 2.29 bits per heavy atom. The Labute approximate surface area is 134 Å². The summed E-state index contributed by atoms with van der Waals surface area (Å²) >= 11 is 3.39. The van der Waals surface area contributed by atoms with E-state index < -0.39 is 0 Å². The van der Waals surface area contributed by atoms with Gasteiger partial charge in [0.1, 0.15) is 5.75 Å². The van der Waals surface area contributed by atoms with E-state index in [1.54, 1.807) is 7.11 Å². The van der Waals surface area contributed by atoms with Crippen molar-refractivity contribution in [3.63, 3.8) is 0 Å². The van der Waals surface area contributed by atoms with Crippen LogP contribution in [0.5, 0.6) is 5.75 Å². The highest BCUT2D eigenvalue weighted by Gasteiger charge is 2.15. The first kappa shape index (κ1) is 15.8. The summed E-state index contributed by atoms with van der Waals surface area (Å²) < 4.78 is 6.22. The van der Waals surface area contributed by atoms with Gasteiger partial charge >= 0.3 is 0 Å². The highest BCUT2D eigenvalue weighted by molar-refractivity contribution is 9.10. The number of methoxy groups -OCH3 is 1. The zero-order valence-corrected chi connectivity index (χ0v) is 14.4. The maximum Gasteiger partial charge on any atom is 0.170 e. The Bertz CT molecular complexity index is 667. The van der Waals surface area contributed by atoms with Crippen molar-refractivity contribution in [2.24, 2.45) is 0 Å². The number of ether oxygens (including phenoxy) is 1. The van der Waals surface area contributed by atoms with Crippen LogP contribution in [0.2, 0.25) is 0 Å². The van der Waals surface area contributed by atoms with Crippen LogP contribution in [0.25, 0.3) is 0 Å². The van der Waals surface area contributed by atoms with E-state index in [0.29, 0.717) is 17.7 Å². The zero-order valence-electron chi connectivity index (χ0n) is 12.8. The molecule has 0 fully saturated rings. The van der Waals surface area contributed by atoms with Crippen molar-refractivity contribution in [3.05, 3.63) is 62.6 Å². The first-order chi connectivity index (χ1) is 9.92. The second-order valence-corrected chi connectivity index (χ2v) is 6.24. The lowest BCUT2D eigenvalue weighted by atomic mass is 9.93. The van der Waals surface area contributed by atoms with Crippen molar-refractivity contribution in [3.8, 4) is 5.75 Å². The van der Waals surface area contributed by atoms with Gasteiger partial charge in [0.15, 0.2) is 5.78 Å². The Kier molecular flexibility index (Phi) is 4.84. The fourth-order valence-electron chi connectivity index (χ4n) is 2.64. The van der Waals surface area contributed by atoms with E-state index in [1.165, 1.54) is 5.56 Å². The van der Waals surface area contributed by atoms with Crippen molar-refractivity contribution in [1.82, 2.24) is 0 Å². The number of rotatable bonds is 4. The smallest absolute Gasteiger partial charge is 0.170 e. The highest BCUT2D eigenvalue weighted by atomic mass is 79.9. The lowest BCUT2D eigenvalue weighted by molar-refractivity contribution is 0.0989. The van der Waals surface area contributed by atoms with Gasteiger partial charge in [-0.05, 0) is 55.7 Å². The minimum atomic E-state index is 0.0782. The molecule has 0 atom stereocenters. The lowest BCUT2D eigenvalue weighted by Crippen LogP contribution is -2.08. The summed E-state index contributed by atoms with van der Waals surface area (Å²) in [5.74, 6) is 0.686. The van der Waals surface area contributed by atoms with Crippen molar-refractivity contribution >= 4 is 21.7 Å². The number of Topliss-reactive ketones (excluding diaryl/α,β-unsaturated/α-hetero) is 1. The molecular weight excluding hydrogens is 328 g/mol. The van der Waals surface area contributed by atoms with Crippen LogP contribution in [0.3, 0.4) is 0 Å². The largest absolute Gasteiger partial charge is 0.496 e. The molecule has 2 nitrogen and oxygen atoms in total. The van der Waals surface area contributed by atoms with Gasteiger partial charge in [-0.2, -0.15) is 0 Å². The van der Waals surface area contributed by atoms with Gasteiger partial charge in [-0.15, -0.1) is 0 Å². The summed E-state index contributed by atoms with van der Waals surface area (Å²) in [6.45, 7) is 6.19. The molecule has 0 heterocycles. The lowest BCUT2D eigenvalue weighted by Gasteiger charge is -2.12. The molecule has 0 aliphatic heterocycles. The van der Waals surface area contributed by atoms with Crippen LogP contribution in [0.1, 0.15) is 32.6 Å². The van der Waals surface area contributed by atoms with Crippen molar-refractivity contribution in [1.29, 1.82) is 0 Å². The molecule has 2 aromatic carbocycles. The van der Waals surface area contributed by atoms with Crippen LogP contribution < -0.4 is 4.74 Å². The predicted molar refractivity (Wildman–Crippen MR) is 89.4 cm³/mol. The number of hydrogen-bond acceptors (Lipinski definition) is 2. The summed E-state index contributed by atoms with van der Waals surface area (Å²) in [5, 5.41) is 0. The van der Waals surface area contributed by atoms with E-state index in [9.17, 15) is 4.79 Å². The van der Waals surface area contributed by atoms with Gasteiger partial charge in [0.05, 0.1) is 12.7 Å². The minimum absolute atomic E-state index is 0.0782. The number of halogens is 1. The average Bonchev–Trinajstić information content (AvgIpc) is 2.42. The van der Waals surface area contributed by atoms with Crippen molar-refractivity contribution in [2.45, 2.75) is 27.2 Å². The zero-order chi connectivity index (χ0) is 15.6. The maximum absolute atomic E-state index is 12.6. The van der Waals surface area contributed by atoms with E-state index in [-0.39, 0.29) is 5.78 Å². The van der Waals surface area contributed by atoms with Crippen LogP contribution in [0, 0.1) is 20.8 Å². The highest BCUT2D eigenvalue weighted by Crippen LogP contribution is 2.26. The monoisotopic (exact) mass is 346 g/mol. The van der Waals surface area contributed by atoms with E-state index in [1.807, 2.05) is 18.2 Å². The molecule has 110 valence electrons. The molecule has 0 aliphatic carbocycles. The van der Waals surface area contributed by atoms with E-state index in [0.717, 1.165) is 21.2 Å². The van der Waals surface area contributed by atoms with Crippen LogP contribution >= 0.6 is 15.9 Å². The number of hydrogen-bond donors (Lipinski definition) is 0. The van der Waals surface area contributed by atoms with Crippen LogP contribution in [-0.2, 0) is 6.42 Å². The van der Waals surface area contributed by atoms with Crippen LogP contribution in [0.4, 0.5) is 0 Å². The Morgan fingerprint density at radius 1 is 1.10 bits per heavy atom. The summed E-state index contributed by atoms with van der Waals surface area (Å²) in [7, 11) is 1.58. The summed E-state index contributed by atoms with van der Waals surface area (Å²) in [5.41, 5.74) is 5.28. The molecule has 0 N–H and O–H groups in total. The average molecular weight is 347 g/mol. The quantitative estimate of drug-likeness (QED) is 0.742. The number of carbonyl (C=O) groups is 1. The second kappa shape index (κ2) is 6.44. The number of ketones is 1. The fourth-order valence-corrected chi connectivity index (χ4v) is 2.98. The molecule has 0 saturated carbocycles. The molecule has 0 bridgehead atoms. The number of benzene rings is 2. The third-order valence-corrected chi connectivity index (χ3v) is 4.13. The van der Waals surface area contributed by atoms with E-state index in [2.05, 4.69) is 48.8 Å². The van der Waals surface area contributed by atoms with Gasteiger partial charge in [-0.1, -0.05) is 33.6 Å². The molecule has 2 rings (SSSR count). The topological polar surface area (TPSA) is 26.3 Å². The molecule has 0 spiro atoms. The minimum Gasteiger partial charge on any atom is -0.496 e. The Balaban J connectivity index is 2.35. The van der Waals surface area contributed by atoms with Crippen LogP contribution in [0.15, 0.2) is 34.8 Å². The third-order valence-electron chi connectivity index (χ3n) is 3.64. The van der Waals surface area contributed by atoms with Crippen molar-refractivity contribution < 1.29 is 9.53 Å². The SMILES string of the molecule is COc1cc(Br)ccc1C(=O)Cc1c(C)cc(C)cc1C. The third kappa shape index (κ3) is 3.53. The number of carbonyl (C=O) groups excluding carboxylic acids is 1. The van der Waals surface area contributed by atoms with Gasteiger partial charge in [0.2, 0.25) is 0 Å². The Hall–Kier alpha value is -1.61. The maximum atomic E-state index is 12.6. The first-order valence-corrected chi connectivity index (χ1v) is 7.65. The molecule has 3 heteroatoms. The van der Waals surface area contributed by atoms with E-state index >= 15 is 0 Å². The summed E-state index contributed by atoms with van der Waals surface area (Å²) in [6.07, 6.45) is 0.399. The molecule has 0 radical (unpaired) electrons. The number of aryl methyl sites for hydroxylation is 3. The van der Waals surface area contributed by atoms with Crippen molar-refractivity contribution in [2.75, 3.05) is 7.11 Å². The van der Waals surface area contributed by atoms with Gasteiger partial charge in [0.25, 0.3) is 0 Å². The molecular formula is C18H19BrO2. The van der Waals surface area contributed by atoms with Gasteiger partial charge in [-0.3, -0.25) is 4.79 Å². The molecule has 0 amide bonds. The molecule has 0 saturated heterocycles. The standard InChI is InChI=1S/C18H19BrO2/c1-11-7-12(2)16(13(3)8-11)10-17(20)15-6-5-14(19)9-18(15)21-4/h5-9H,10H2,1-4H3. The van der Waals surface area contributed by atoms with Gasteiger partial charge < -0.3 is 4.74 Å². The fraction of sp³-hybridized carbons (Fsp3) is 0.278. The van der Waals surface area contributed by atoms with Gasteiger partial charge in [0, 0.05) is 10.9 Å². The molecule has 0 aliphatic rings. The normalized spacial score (nSPS) is 10.5. The van der Waals surface area contributed by atoms with Crippen LogP contribution in [-0.4, -0.2) is 12.9 Å². The first-order valence-electron chi connectivity index (χ1n) is 6.86. The second-order valence-electron chi connectivity index (χ2n) is 5.32. The predicted octanol–water partition coefficient (Wildman–Crippen LogP) is 4.81. The summed E-state index contributed by atoms with van der Waals surface area (Å²) in [6, 6.07) is 9.74. The summed E-state index contributed by atoms with van der Waals surface area (Å²) in [4.78, 5) is 12.6. The molecule has 0 unspecified atom stereocenters. The molecule has 2 aromatic rings. The molecule has 0 aromatic heterocycles.